The Balaban J connectivity index is 1.63. The lowest BCUT2D eigenvalue weighted by molar-refractivity contribution is -0.149. The van der Waals surface area contributed by atoms with Gasteiger partial charge in [0.25, 0.3) is 0 Å². The van der Waals surface area contributed by atoms with E-state index in [0.29, 0.717) is 18.3 Å². The summed E-state index contributed by atoms with van der Waals surface area (Å²) in [5, 5.41) is 31.1. The number of fused-ring (bicyclic) bond motifs is 5. The zero-order valence-corrected chi connectivity index (χ0v) is 16.6. The van der Waals surface area contributed by atoms with Crippen LogP contribution in [0.1, 0.15) is 65.7 Å². The van der Waals surface area contributed by atoms with Crippen LogP contribution in [0.4, 0.5) is 0 Å². The molecule has 3 fully saturated rings. The summed E-state index contributed by atoms with van der Waals surface area (Å²) >= 11 is 0. The number of aliphatic hydroxyl groups excluding tert-OH is 1. The van der Waals surface area contributed by atoms with Crippen LogP contribution in [0, 0.1) is 39.9 Å². The van der Waals surface area contributed by atoms with E-state index in [1.54, 1.807) is 0 Å². The molecule has 4 rings (SSSR count). The standard InChI is InChI=1S/C22H31NO4/c1-13(24)27-15-6-8-20(2)14(10-15)4-5-16-17(20)7-9-21(3)18(16)11-19(25)22(21,26)12-23/h4,15-19,25-26H,5-11H2,1-3H3/t15-,16-,17+,18-,19-,20+,21+,22-/m1/s1. The van der Waals surface area contributed by atoms with Gasteiger partial charge in [0.2, 0.25) is 0 Å². The molecule has 0 aromatic carbocycles. The minimum Gasteiger partial charge on any atom is -0.462 e. The lowest BCUT2D eigenvalue weighted by atomic mass is 9.47. The molecule has 0 amide bonds. The first kappa shape index (κ1) is 19.0. The van der Waals surface area contributed by atoms with Crippen molar-refractivity contribution < 1.29 is 19.7 Å². The molecule has 0 heterocycles. The fraction of sp³-hybridized carbons (Fsp3) is 0.818. The largest absolute Gasteiger partial charge is 0.462 e. The maximum Gasteiger partial charge on any atom is 0.302 e. The molecule has 3 saturated carbocycles. The molecule has 0 bridgehead atoms. The number of nitriles is 1. The van der Waals surface area contributed by atoms with E-state index in [0.717, 1.165) is 38.5 Å². The van der Waals surface area contributed by atoms with Crippen molar-refractivity contribution in [2.75, 3.05) is 0 Å². The molecule has 2 N–H and O–H groups in total. The maximum absolute atomic E-state index is 11.3. The van der Waals surface area contributed by atoms with Crippen LogP contribution in [-0.2, 0) is 9.53 Å². The van der Waals surface area contributed by atoms with Crippen LogP contribution < -0.4 is 0 Å². The van der Waals surface area contributed by atoms with E-state index in [4.69, 9.17) is 4.74 Å². The third kappa shape index (κ3) is 2.46. The lowest BCUT2D eigenvalue weighted by Crippen LogP contribution is -2.56. The number of allylic oxidation sites excluding steroid dienone is 1. The molecule has 27 heavy (non-hydrogen) atoms. The van der Waals surface area contributed by atoms with Crippen molar-refractivity contribution in [3.8, 4) is 6.07 Å². The molecule has 0 aromatic rings. The van der Waals surface area contributed by atoms with Gasteiger partial charge in [-0.05, 0) is 61.7 Å². The number of carbonyl (C=O) groups is 1. The van der Waals surface area contributed by atoms with E-state index < -0.39 is 17.1 Å². The highest BCUT2D eigenvalue weighted by molar-refractivity contribution is 5.66. The first-order valence-corrected chi connectivity index (χ1v) is 10.3. The molecule has 4 aliphatic carbocycles. The Hall–Kier alpha value is -1.38. The molecule has 4 aliphatic rings. The highest BCUT2D eigenvalue weighted by Crippen LogP contribution is 2.67. The predicted molar refractivity (Wildman–Crippen MR) is 99.2 cm³/mol. The van der Waals surface area contributed by atoms with E-state index in [9.17, 15) is 20.3 Å². The molecule has 8 atom stereocenters. The van der Waals surface area contributed by atoms with Gasteiger partial charge in [-0.3, -0.25) is 4.79 Å². The second-order valence-corrected chi connectivity index (χ2v) is 9.82. The highest BCUT2D eigenvalue weighted by atomic mass is 16.5. The van der Waals surface area contributed by atoms with Gasteiger partial charge in [0.05, 0.1) is 6.10 Å². The molecule has 0 radical (unpaired) electrons. The maximum atomic E-state index is 11.3. The highest BCUT2D eigenvalue weighted by Gasteiger charge is 2.67. The summed E-state index contributed by atoms with van der Waals surface area (Å²) in [6.07, 6.45) is 7.27. The fourth-order valence-corrected chi connectivity index (χ4v) is 7.18. The van der Waals surface area contributed by atoms with Gasteiger partial charge < -0.3 is 14.9 Å². The number of hydrogen-bond donors (Lipinski definition) is 2. The zero-order valence-electron chi connectivity index (χ0n) is 16.6. The van der Waals surface area contributed by atoms with Gasteiger partial charge >= 0.3 is 5.97 Å². The minimum atomic E-state index is -1.64. The van der Waals surface area contributed by atoms with Crippen molar-refractivity contribution in [2.24, 2.45) is 28.6 Å². The van der Waals surface area contributed by atoms with Gasteiger partial charge in [-0.15, -0.1) is 0 Å². The molecular formula is C22H31NO4. The smallest absolute Gasteiger partial charge is 0.302 e. The van der Waals surface area contributed by atoms with Crippen molar-refractivity contribution in [2.45, 2.75) is 83.5 Å². The Bertz CT molecular complexity index is 726. The molecule has 0 unspecified atom stereocenters. The summed E-state index contributed by atoms with van der Waals surface area (Å²) in [7, 11) is 0. The van der Waals surface area contributed by atoms with E-state index in [1.807, 2.05) is 6.92 Å². The summed E-state index contributed by atoms with van der Waals surface area (Å²) in [5.41, 5.74) is -0.669. The van der Waals surface area contributed by atoms with Crippen molar-refractivity contribution in [1.29, 1.82) is 5.26 Å². The van der Waals surface area contributed by atoms with E-state index >= 15 is 0 Å². The van der Waals surface area contributed by atoms with Crippen LogP contribution in [0.25, 0.3) is 0 Å². The topological polar surface area (TPSA) is 90.6 Å². The van der Waals surface area contributed by atoms with Crippen LogP contribution in [0.3, 0.4) is 0 Å². The number of esters is 1. The number of ether oxygens (including phenoxy) is 1. The average molecular weight is 373 g/mol. The molecule has 5 nitrogen and oxygen atoms in total. The molecule has 148 valence electrons. The Morgan fingerprint density at radius 3 is 2.70 bits per heavy atom. The summed E-state index contributed by atoms with van der Waals surface area (Å²) in [6, 6.07) is 2.06. The Morgan fingerprint density at radius 1 is 1.30 bits per heavy atom. The molecule has 0 saturated heterocycles. The second kappa shape index (κ2) is 6.06. The van der Waals surface area contributed by atoms with Crippen LogP contribution in [0.15, 0.2) is 11.6 Å². The van der Waals surface area contributed by atoms with Gasteiger partial charge in [0.15, 0.2) is 5.60 Å². The lowest BCUT2D eigenvalue weighted by Gasteiger charge is -2.58. The van der Waals surface area contributed by atoms with Crippen molar-refractivity contribution >= 4 is 5.97 Å². The van der Waals surface area contributed by atoms with Gasteiger partial charge in [-0.25, -0.2) is 0 Å². The van der Waals surface area contributed by atoms with Crippen LogP contribution in [0.5, 0.6) is 0 Å². The van der Waals surface area contributed by atoms with Crippen molar-refractivity contribution in [3.63, 3.8) is 0 Å². The summed E-state index contributed by atoms with van der Waals surface area (Å²) < 4.78 is 5.48. The summed E-state index contributed by atoms with van der Waals surface area (Å²) in [4.78, 5) is 11.3. The Morgan fingerprint density at radius 2 is 2.04 bits per heavy atom. The molecule has 0 spiro atoms. The quantitative estimate of drug-likeness (QED) is 0.419. The number of hydrogen-bond acceptors (Lipinski definition) is 5. The van der Waals surface area contributed by atoms with E-state index in [2.05, 4.69) is 19.1 Å². The van der Waals surface area contributed by atoms with Gasteiger partial charge in [0, 0.05) is 18.8 Å². The first-order chi connectivity index (χ1) is 12.7. The normalized spacial score (nSPS) is 51.3. The SMILES string of the molecule is CC(=O)O[C@@H]1CC[C@@]2(C)C(=CC[C@H]3[C@H]4C[C@@H](O)[C@](O)(C#N)[C@@]4(C)CC[C@@H]32)C1. The number of rotatable bonds is 1. The van der Waals surface area contributed by atoms with Gasteiger partial charge in [-0.2, -0.15) is 5.26 Å². The van der Waals surface area contributed by atoms with Crippen molar-refractivity contribution in [3.05, 3.63) is 11.6 Å². The number of aliphatic hydroxyl groups is 2. The second-order valence-electron chi connectivity index (χ2n) is 9.82. The monoisotopic (exact) mass is 373 g/mol. The average Bonchev–Trinajstić information content (AvgIpc) is 2.82. The third-order valence-corrected chi connectivity index (χ3v) is 8.78. The van der Waals surface area contributed by atoms with Gasteiger partial charge in [-0.1, -0.05) is 25.5 Å². The van der Waals surface area contributed by atoms with Crippen molar-refractivity contribution in [1.82, 2.24) is 0 Å². The number of nitrogens with zero attached hydrogens (tertiary/aromatic N) is 1. The van der Waals surface area contributed by atoms with E-state index in [1.165, 1.54) is 12.5 Å². The summed E-state index contributed by atoms with van der Waals surface area (Å²) in [6.45, 7) is 5.83. The molecule has 0 aliphatic heterocycles. The zero-order chi connectivity index (χ0) is 19.6. The number of carbonyl (C=O) groups excluding carboxylic acids is 1. The molecule has 5 heteroatoms. The summed E-state index contributed by atoms with van der Waals surface area (Å²) in [5.74, 6) is 0.848. The molecular weight excluding hydrogens is 342 g/mol. The van der Waals surface area contributed by atoms with Crippen LogP contribution >= 0.6 is 0 Å². The Kier molecular flexibility index (Phi) is 4.25. The minimum absolute atomic E-state index is 0.00999. The molecule has 0 aromatic heterocycles. The van der Waals surface area contributed by atoms with Crippen LogP contribution in [0.2, 0.25) is 0 Å². The van der Waals surface area contributed by atoms with Crippen LogP contribution in [-0.4, -0.2) is 34.0 Å². The third-order valence-electron chi connectivity index (χ3n) is 8.78. The van der Waals surface area contributed by atoms with Gasteiger partial charge in [0.1, 0.15) is 12.2 Å². The Labute approximate surface area is 161 Å². The predicted octanol–water partition coefficient (Wildman–Crippen LogP) is 3.11. The fourth-order valence-electron chi connectivity index (χ4n) is 7.18. The first-order valence-electron chi connectivity index (χ1n) is 10.3. The van der Waals surface area contributed by atoms with E-state index in [-0.39, 0.29) is 23.4 Å².